The lowest BCUT2D eigenvalue weighted by Gasteiger charge is -2.06. The van der Waals surface area contributed by atoms with E-state index in [4.69, 9.17) is 0 Å². The maximum atomic E-state index is 4.57. The van der Waals surface area contributed by atoms with Crippen molar-refractivity contribution in [1.82, 2.24) is 9.78 Å². The van der Waals surface area contributed by atoms with Gasteiger partial charge in [-0.15, -0.1) is 0 Å². The molecule has 0 atom stereocenters. The fraction of sp³-hybridized carbons (Fsp3) is 0.294. The third-order valence-corrected chi connectivity index (χ3v) is 3.53. The van der Waals surface area contributed by atoms with Crippen LogP contribution in [0, 0.1) is 6.92 Å². The summed E-state index contributed by atoms with van der Waals surface area (Å²) in [6, 6.07) is 8.40. The Balaban J connectivity index is 2.40. The third kappa shape index (κ3) is 2.57. The van der Waals surface area contributed by atoms with Gasteiger partial charge >= 0.3 is 0 Å². The van der Waals surface area contributed by atoms with Gasteiger partial charge < -0.3 is 0 Å². The van der Waals surface area contributed by atoms with Gasteiger partial charge in [-0.1, -0.05) is 37.8 Å². The van der Waals surface area contributed by atoms with Gasteiger partial charge in [-0.3, -0.25) is 9.67 Å². The number of aryl methyl sites for hydroxylation is 2. The van der Waals surface area contributed by atoms with E-state index in [1.165, 1.54) is 16.8 Å². The number of nitrogens with zero attached hydrogens (tertiary/aromatic N) is 3. The molecule has 0 amide bonds. The van der Waals surface area contributed by atoms with Crippen molar-refractivity contribution < 1.29 is 0 Å². The summed E-state index contributed by atoms with van der Waals surface area (Å²) < 4.78 is 1.96. The van der Waals surface area contributed by atoms with Gasteiger partial charge in [0.05, 0.1) is 11.4 Å². The van der Waals surface area contributed by atoms with Crippen LogP contribution in [0.3, 0.4) is 0 Å². The smallest absolute Gasteiger partial charge is 0.0710 e. The van der Waals surface area contributed by atoms with Crippen molar-refractivity contribution in [2.45, 2.75) is 20.3 Å². The summed E-state index contributed by atoms with van der Waals surface area (Å²) in [6.45, 7) is 8.27. The van der Waals surface area contributed by atoms with E-state index in [-0.39, 0.29) is 0 Å². The van der Waals surface area contributed by atoms with Gasteiger partial charge in [0.15, 0.2) is 0 Å². The molecule has 0 aliphatic heterocycles. The fourth-order valence-corrected chi connectivity index (χ4v) is 2.50. The number of aromatic nitrogens is 2. The van der Waals surface area contributed by atoms with Crippen LogP contribution in [0.2, 0.25) is 0 Å². The SMILES string of the molecule is C=C(/C=N\C)c1ccc(-c2c(C)c(CC)nn2C)cc1. The number of rotatable bonds is 4. The van der Waals surface area contributed by atoms with Gasteiger partial charge in [-0.05, 0) is 30.0 Å². The Morgan fingerprint density at radius 3 is 2.50 bits per heavy atom. The van der Waals surface area contributed by atoms with Gasteiger partial charge in [-0.25, -0.2) is 0 Å². The topological polar surface area (TPSA) is 30.2 Å². The van der Waals surface area contributed by atoms with Crippen LogP contribution in [0.1, 0.15) is 23.7 Å². The fourth-order valence-electron chi connectivity index (χ4n) is 2.50. The molecule has 0 spiro atoms. The van der Waals surface area contributed by atoms with Crippen molar-refractivity contribution in [2.75, 3.05) is 7.05 Å². The Bertz CT molecular complexity index is 646. The minimum atomic E-state index is 0.926. The second kappa shape index (κ2) is 5.87. The molecule has 2 aromatic rings. The maximum absolute atomic E-state index is 4.57. The Labute approximate surface area is 120 Å². The summed E-state index contributed by atoms with van der Waals surface area (Å²) in [6.07, 6.45) is 2.74. The first-order chi connectivity index (χ1) is 9.58. The predicted octanol–water partition coefficient (Wildman–Crippen LogP) is 3.67. The van der Waals surface area contributed by atoms with Crippen LogP contribution in [0.4, 0.5) is 0 Å². The molecule has 0 unspecified atom stereocenters. The van der Waals surface area contributed by atoms with Gasteiger partial charge in [0.2, 0.25) is 0 Å². The molecule has 2 rings (SSSR count). The van der Waals surface area contributed by atoms with E-state index in [9.17, 15) is 0 Å². The maximum Gasteiger partial charge on any atom is 0.0710 e. The van der Waals surface area contributed by atoms with Gasteiger partial charge in [0.1, 0.15) is 0 Å². The lowest BCUT2D eigenvalue weighted by molar-refractivity contribution is 0.753. The summed E-state index contributed by atoms with van der Waals surface area (Å²) in [7, 11) is 3.75. The van der Waals surface area contributed by atoms with Crippen LogP contribution in [0.5, 0.6) is 0 Å². The zero-order chi connectivity index (χ0) is 14.7. The van der Waals surface area contributed by atoms with Crippen molar-refractivity contribution >= 4 is 11.8 Å². The van der Waals surface area contributed by atoms with Gasteiger partial charge in [0, 0.05) is 25.9 Å². The molecule has 0 saturated carbocycles. The lowest BCUT2D eigenvalue weighted by Crippen LogP contribution is -1.95. The zero-order valence-electron chi connectivity index (χ0n) is 12.6. The van der Waals surface area contributed by atoms with Crippen LogP contribution < -0.4 is 0 Å². The normalized spacial score (nSPS) is 11.2. The second-order valence-corrected chi connectivity index (χ2v) is 4.89. The van der Waals surface area contributed by atoms with E-state index >= 15 is 0 Å². The quantitative estimate of drug-likeness (QED) is 0.777. The van der Waals surface area contributed by atoms with Crippen LogP contribution in [-0.4, -0.2) is 23.0 Å². The van der Waals surface area contributed by atoms with Crippen molar-refractivity contribution in [2.24, 2.45) is 12.0 Å². The number of aliphatic imine (C=N–C) groups is 1. The second-order valence-electron chi connectivity index (χ2n) is 4.89. The molecular formula is C17H21N3. The molecule has 0 radical (unpaired) electrons. The Hall–Kier alpha value is -2.16. The van der Waals surface area contributed by atoms with E-state index < -0.39 is 0 Å². The molecule has 0 saturated heterocycles. The van der Waals surface area contributed by atoms with E-state index in [0.717, 1.165) is 23.3 Å². The summed E-state index contributed by atoms with van der Waals surface area (Å²) in [5.41, 5.74) is 6.81. The minimum absolute atomic E-state index is 0.926. The molecule has 104 valence electrons. The highest BCUT2D eigenvalue weighted by Gasteiger charge is 2.12. The first-order valence-electron chi connectivity index (χ1n) is 6.82. The van der Waals surface area contributed by atoms with Crippen LogP contribution >= 0.6 is 0 Å². The Morgan fingerprint density at radius 1 is 1.35 bits per heavy atom. The zero-order valence-corrected chi connectivity index (χ0v) is 12.6. The number of hydrogen-bond donors (Lipinski definition) is 0. The molecule has 1 aromatic carbocycles. The van der Waals surface area contributed by atoms with Crippen molar-refractivity contribution in [3.8, 4) is 11.3 Å². The predicted molar refractivity (Wildman–Crippen MR) is 86.2 cm³/mol. The van der Waals surface area contributed by atoms with Crippen LogP contribution in [-0.2, 0) is 13.5 Å². The molecule has 3 nitrogen and oxygen atoms in total. The average Bonchev–Trinajstić information content (AvgIpc) is 2.74. The van der Waals surface area contributed by atoms with Gasteiger partial charge in [-0.2, -0.15) is 5.10 Å². The molecule has 20 heavy (non-hydrogen) atoms. The molecule has 1 heterocycles. The standard InChI is InChI=1S/C17H21N3/c1-6-16-13(3)17(20(5)19-16)15-9-7-14(8-10-15)12(2)11-18-4/h7-11H,2,6H2,1,3-5H3/b18-11-. The van der Waals surface area contributed by atoms with Crippen LogP contribution in [0.25, 0.3) is 16.8 Å². The minimum Gasteiger partial charge on any atom is -0.296 e. The van der Waals surface area contributed by atoms with Crippen LogP contribution in [0.15, 0.2) is 35.8 Å². The molecule has 0 aliphatic rings. The molecule has 0 fully saturated rings. The lowest BCUT2D eigenvalue weighted by atomic mass is 10.0. The van der Waals surface area contributed by atoms with Gasteiger partial charge in [0.25, 0.3) is 0 Å². The number of benzene rings is 1. The number of allylic oxidation sites excluding steroid dienone is 1. The molecule has 3 heteroatoms. The third-order valence-electron chi connectivity index (χ3n) is 3.53. The highest BCUT2D eigenvalue weighted by Crippen LogP contribution is 2.26. The first kappa shape index (κ1) is 14.3. The molecular weight excluding hydrogens is 246 g/mol. The Morgan fingerprint density at radius 2 is 2.00 bits per heavy atom. The van der Waals surface area contributed by atoms with Crippen molar-refractivity contribution in [3.05, 3.63) is 47.7 Å². The monoisotopic (exact) mass is 267 g/mol. The van der Waals surface area contributed by atoms with E-state index in [1.807, 2.05) is 11.7 Å². The molecule has 0 bridgehead atoms. The number of hydrogen-bond acceptors (Lipinski definition) is 2. The van der Waals surface area contributed by atoms with E-state index in [1.54, 1.807) is 13.3 Å². The first-order valence-corrected chi connectivity index (χ1v) is 6.82. The summed E-state index contributed by atoms with van der Waals surface area (Å²) in [5.74, 6) is 0. The molecule has 0 aliphatic carbocycles. The summed E-state index contributed by atoms with van der Waals surface area (Å²) in [5, 5.41) is 4.57. The molecule has 1 aromatic heterocycles. The highest BCUT2D eigenvalue weighted by atomic mass is 15.3. The summed E-state index contributed by atoms with van der Waals surface area (Å²) >= 11 is 0. The van der Waals surface area contributed by atoms with E-state index in [2.05, 4.69) is 54.8 Å². The average molecular weight is 267 g/mol. The molecule has 0 N–H and O–H groups in total. The van der Waals surface area contributed by atoms with Crippen molar-refractivity contribution in [1.29, 1.82) is 0 Å². The summed E-state index contributed by atoms with van der Waals surface area (Å²) in [4.78, 5) is 4.00. The van der Waals surface area contributed by atoms with Crippen molar-refractivity contribution in [3.63, 3.8) is 0 Å². The van der Waals surface area contributed by atoms with E-state index in [0.29, 0.717) is 0 Å². The largest absolute Gasteiger partial charge is 0.296 e. The Kier molecular flexibility index (Phi) is 4.18. The highest BCUT2D eigenvalue weighted by molar-refractivity contribution is 6.08.